The van der Waals surface area contributed by atoms with E-state index >= 15 is 0 Å². The van der Waals surface area contributed by atoms with Crippen LogP contribution in [0, 0.1) is 13.8 Å². The molecule has 3 aromatic rings. The van der Waals surface area contributed by atoms with Gasteiger partial charge in [0.15, 0.2) is 0 Å². The SMILES string of the molecule is CC[C@@H](C(=O)NC1CCCCC1)N(Cc1ccc(C)cc1)C(=O)CN(c1ccc(Cl)cc1C)S(=O)(=O)c1ccccc1. The molecule has 224 valence electrons. The van der Waals surface area contributed by atoms with E-state index in [1.165, 1.54) is 17.0 Å². The topological polar surface area (TPSA) is 86.8 Å². The van der Waals surface area contributed by atoms with E-state index in [9.17, 15) is 18.0 Å². The first-order chi connectivity index (χ1) is 20.1. The molecule has 0 aromatic heterocycles. The second kappa shape index (κ2) is 14.2. The summed E-state index contributed by atoms with van der Waals surface area (Å²) in [6.07, 6.45) is 5.54. The lowest BCUT2D eigenvalue weighted by molar-refractivity contribution is -0.140. The highest BCUT2D eigenvalue weighted by Gasteiger charge is 2.34. The minimum Gasteiger partial charge on any atom is -0.352 e. The molecule has 1 atom stereocenters. The van der Waals surface area contributed by atoms with Gasteiger partial charge in [-0.05, 0) is 74.6 Å². The lowest BCUT2D eigenvalue weighted by Gasteiger charge is -2.34. The smallest absolute Gasteiger partial charge is 0.264 e. The number of carbonyl (C=O) groups is 2. The lowest BCUT2D eigenvalue weighted by Crippen LogP contribution is -2.54. The molecular formula is C33H40ClN3O4S. The lowest BCUT2D eigenvalue weighted by atomic mass is 9.95. The van der Waals surface area contributed by atoms with Gasteiger partial charge in [-0.3, -0.25) is 13.9 Å². The number of hydrogen-bond acceptors (Lipinski definition) is 4. The molecule has 0 aliphatic heterocycles. The van der Waals surface area contributed by atoms with Crippen molar-refractivity contribution in [1.82, 2.24) is 10.2 Å². The summed E-state index contributed by atoms with van der Waals surface area (Å²) in [4.78, 5) is 29.5. The molecule has 1 saturated carbocycles. The van der Waals surface area contributed by atoms with Crippen molar-refractivity contribution in [2.24, 2.45) is 0 Å². The summed E-state index contributed by atoms with van der Waals surface area (Å²) >= 11 is 6.20. The van der Waals surface area contributed by atoms with E-state index in [-0.39, 0.29) is 23.4 Å². The van der Waals surface area contributed by atoms with Crippen LogP contribution in [0.3, 0.4) is 0 Å². The minimum atomic E-state index is -4.13. The Morgan fingerprint density at radius 3 is 2.24 bits per heavy atom. The van der Waals surface area contributed by atoms with E-state index in [4.69, 9.17) is 11.6 Å². The summed E-state index contributed by atoms with van der Waals surface area (Å²) in [7, 11) is -4.13. The predicted molar refractivity (Wildman–Crippen MR) is 168 cm³/mol. The van der Waals surface area contributed by atoms with Crippen LogP contribution >= 0.6 is 11.6 Å². The van der Waals surface area contributed by atoms with Crippen molar-refractivity contribution < 1.29 is 18.0 Å². The molecule has 1 aliphatic rings. The monoisotopic (exact) mass is 609 g/mol. The van der Waals surface area contributed by atoms with Gasteiger partial charge in [-0.2, -0.15) is 0 Å². The van der Waals surface area contributed by atoms with Gasteiger partial charge in [-0.1, -0.05) is 85.8 Å². The van der Waals surface area contributed by atoms with Crippen molar-refractivity contribution in [2.75, 3.05) is 10.8 Å². The zero-order valence-electron chi connectivity index (χ0n) is 24.6. The van der Waals surface area contributed by atoms with Gasteiger partial charge >= 0.3 is 0 Å². The molecule has 3 aromatic carbocycles. The number of hydrogen-bond donors (Lipinski definition) is 1. The fourth-order valence-electron chi connectivity index (χ4n) is 5.49. The maximum atomic E-state index is 14.3. The molecule has 0 spiro atoms. The summed E-state index contributed by atoms with van der Waals surface area (Å²) in [5.74, 6) is -0.667. The van der Waals surface area contributed by atoms with E-state index < -0.39 is 28.5 Å². The van der Waals surface area contributed by atoms with Gasteiger partial charge in [0.05, 0.1) is 10.6 Å². The third kappa shape index (κ3) is 7.72. The second-order valence-electron chi connectivity index (χ2n) is 11.0. The average molecular weight is 610 g/mol. The molecule has 0 saturated heterocycles. The average Bonchev–Trinajstić information content (AvgIpc) is 2.98. The van der Waals surface area contributed by atoms with Gasteiger partial charge in [-0.25, -0.2) is 8.42 Å². The van der Waals surface area contributed by atoms with Crippen molar-refractivity contribution in [3.8, 4) is 0 Å². The highest BCUT2D eigenvalue weighted by Crippen LogP contribution is 2.29. The van der Waals surface area contributed by atoms with Crippen LogP contribution in [0.25, 0.3) is 0 Å². The van der Waals surface area contributed by atoms with E-state index in [1.807, 2.05) is 38.1 Å². The molecule has 0 radical (unpaired) electrons. The minimum absolute atomic E-state index is 0.0688. The Bertz CT molecular complexity index is 1470. The molecular weight excluding hydrogens is 570 g/mol. The van der Waals surface area contributed by atoms with Crippen LogP contribution < -0.4 is 9.62 Å². The fourth-order valence-corrected chi connectivity index (χ4v) is 7.21. The molecule has 9 heteroatoms. The molecule has 42 heavy (non-hydrogen) atoms. The van der Waals surface area contributed by atoms with Gasteiger partial charge in [0, 0.05) is 17.6 Å². The van der Waals surface area contributed by atoms with Crippen LogP contribution in [0.15, 0.2) is 77.7 Å². The Balaban J connectivity index is 1.72. The van der Waals surface area contributed by atoms with Crippen molar-refractivity contribution in [2.45, 2.75) is 82.8 Å². The first kappa shape index (κ1) is 31.6. The highest BCUT2D eigenvalue weighted by molar-refractivity contribution is 7.92. The number of amides is 2. The van der Waals surface area contributed by atoms with Crippen molar-refractivity contribution in [3.63, 3.8) is 0 Å². The molecule has 7 nitrogen and oxygen atoms in total. The molecule has 1 N–H and O–H groups in total. The normalized spacial score (nSPS) is 14.7. The molecule has 0 bridgehead atoms. The van der Waals surface area contributed by atoms with E-state index in [1.54, 1.807) is 43.3 Å². The standard InChI is InChI=1S/C33H40ClN3O4S/c1-4-30(33(39)35-28-11-7-5-8-12-28)36(22-26-17-15-24(2)16-18-26)32(38)23-37(31-20-19-27(34)21-25(31)3)42(40,41)29-13-9-6-10-14-29/h6,9-10,13-21,28,30H,4-5,7-8,11-12,22-23H2,1-3H3,(H,35,39)/t30-/m0/s1. The van der Waals surface area contributed by atoms with Gasteiger partial charge in [-0.15, -0.1) is 0 Å². The summed E-state index contributed by atoms with van der Waals surface area (Å²) in [5, 5.41) is 3.64. The van der Waals surface area contributed by atoms with Gasteiger partial charge in [0.1, 0.15) is 12.6 Å². The third-order valence-electron chi connectivity index (χ3n) is 7.85. The second-order valence-corrected chi connectivity index (χ2v) is 13.3. The maximum absolute atomic E-state index is 14.3. The van der Waals surface area contributed by atoms with Crippen LogP contribution in [0.2, 0.25) is 5.02 Å². The van der Waals surface area contributed by atoms with Crippen molar-refractivity contribution in [1.29, 1.82) is 0 Å². The maximum Gasteiger partial charge on any atom is 0.264 e. The van der Waals surface area contributed by atoms with Crippen molar-refractivity contribution in [3.05, 3.63) is 94.5 Å². The number of sulfonamides is 1. The third-order valence-corrected chi connectivity index (χ3v) is 9.86. The Kier molecular flexibility index (Phi) is 10.7. The van der Waals surface area contributed by atoms with Gasteiger partial charge in [0.2, 0.25) is 11.8 Å². The molecule has 0 unspecified atom stereocenters. The quantitative estimate of drug-likeness (QED) is 0.272. The number of anilines is 1. The summed E-state index contributed by atoms with van der Waals surface area (Å²) in [6.45, 7) is 5.32. The number of carbonyl (C=O) groups excluding carboxylic acids is 2. The first-order valence-corrected chi connectivity index (χ1v) is 16.4. The Morgan fingerprint density at radius 2 is 1.62 bits per heavy atom. The summed E-state index contributed by atoms with van der Waals surface area (Å²) in [5.41, 5.74) is 2.91. The summed E-state index contributed by atoms with van der Waals surface area (Å²) in [6, 6.07) is 20.1. The van der Waals surface area contributed by atoms with E-state index in [2.05, 4.69) is 5.32 Å². The van der Waals surface area contributed by atoms with Crippen LogP contribution in [0.5, 0.6) is 0 Å². The predicted octanol–water partition coefficient (Wildman–Crippen LogP) is 6.41. The Morgan fingerprint density at radius 1 is 0.952 bits per heavy atom. The fraction of sp³-hybridized carbons (Fsp3) is 0.394. The van der Waals surface area contributed by atoms with Crippen LogP contribution in [0.4, 0.5) is 5.69 Å². The van der Waals surface area contributed by atoms with Crippen LogP contribution in [-0.2, 0) is 26.2 Å². The molecule has 4 rings (SSSR count). The highest BCUT2D eigenvalue weighted by atomic mass is 35.5. The number of halogens is 1. The van der Waals surface area contributed by atoms with Gasteiger partial charge in [0.25, 0.3) is 10.0 Å². The Labute approximate surface area is 254 Å². The first-order valence-electron chi connectivity index (χ1n) is 14.6. The zero-order valence-corrected chi connectivity index (χ0v) is 26.1. The number of benzene rings is 3. The molecule has 1 fully saturated rings. The number of rotatable bonds is 11. The van der Waals surface area contributed by atoms with Crippen LogP contribution in [-0.4, -0.2) is 43.8 Å². The molecule has 1 aliphatic carbocycles. The summed E-state index contributed by atoms with van der Waals surface area (Å²) < 4.78 is 29.1. The molecule has 0 heterocycles. The number of aryl methyl sites for hydroxylation is 2. The van der Waals surface area contributed by atoms with Crippen molar-refractivity contribution >= 4 is 39.1 Å². The van der Waals surface area contributed by atoms with Gasteiger partial charge < -0.3 is 10.2 Å². The largest absolute Gasteiger partial charge is 0.352 e. The Hall–Kier alpha value is -3.36. The molecule has 2 amide bonds. The van der Waals surface area contributed by atoms with E-state index in [0.29, 0.717) is 22.7 Å². The number of nitrogens with one attached hydrogen (secondary N) is 1. The van der Waals surface area contributed by atoms with E-state index in [0.717, 1.165) is 47.5 Å². The zero-order chi connectivity index (χ0) is 30.3. The number of nitrogens with zero attached hydrogens (tertiary/aromatic N) is 2. The van der Waals surface area contributed by atoms with Crippen LogP contribution in [0.1, 0.15) is 62.1 Å².